The molecule has 0 aliphatic heterocycles. The molecule has 1 unspecified atom stereocenters. The first-order valence-corrected chi connectivity index (χ1v) is 11.5. The molecule has 32 heavy (non-hydrogen) atoms. The van der Waals surface area contributed by atoms with Crippen molar-refractivity contribution in [3.8, 4) is 0 Å². The van der Waals surface area contributed by atoms with Gasteiger partial charge in [0.1, 0.15) is 11.2 Å². The highest BCUT2D eigenvalue weighted by molar-refractivity contribution is 7.15. The molecule has 3 nitrogen and oxygen atoms in total. The second-order valence-corrected chi connectivity index (χ2v) is 8.67. The van der Waals surface area contributed by atoms with Crippen LogP contribution in [0.15, 0.2) is 105 Å². The first-order valence-electron chi connectivity index (χ1n) is 10.7. The number of nitrogens with zero attached hydrogens (tertiary/aromatic N) is 1. The van der Waals surface area contributed by atoms with Crippen LogP contribution in [0.1, 0.15) is 5.56 Å². The quantitative estimate of drug-likeness (QED) is 0.280. The van der Waals surface area contributed by atoms with Gasteiger partial charge in [0.2, 0.25) is 8.67 Å². The van der Waals surface area contributed by atoms with Gasteiger partial charge in [-0.1, -0.05) is 72.8 Å². The van der Waals surface area contributed by atoms with Gasteiger partial charge in [-0.05, 0) is 46.0 Å². The third-order valence-corrected chi connectivity index (χ3v) is 6.72. The van der Waals surface area contributed by atoms with Crippen LogP contribution in [0.5, 0.6) is 0 Å². The maximum atomic E-state index is 6.08. The van der Waals surface area contributed by atoms with Crippen LogP contribution in [0, 0.1) is 0 Å². The molecule has 0 saturated heterocycles. The van der Waals surface area contributed by atoms with E-state index < -0.39 is 0 Å². The fourth-order valence-electron chi connectivity index (χ4n) is 4.64. The van der Waals surface area contributed by atoms with Crippen molar-refractivity contribution in [2.75, 3.05) is 11.9 Å². The molecule has 1 atom stereocenters. The van der Waals surface area contributed by atoms with E-state index in [2.05, 4.69) is 109 Å². The zero-order valence-electron chi connectivity index (χ0n) is 17.7. The minimum atomic E-state index is -0.0656. The summed E-state index contributed by atoms with van der Waals surface area (Å²) < 4.78 is 12.1. The molecule has 0 N–H and O–H groups in total. The SMILES string of the molecule is CN(Cc1ccccc1)c1cccc2c1ccc1o[pH]oc3ccc4ccccc4c3c12. The monoisotopic (exact) mass is 435 g/mol. The fraction of sp³-hybridized carbons (Fsp3) is 0.0714. The van der Waals surface area contributed by atoms with Crippen LogP contribution >= 0.6 is 8.67 Å². The molecule has 0 saturated carbocycles. The molecule has 1 heterocycles. The molecule has 0 bridgehead atoms. The summed E-state index contributed by atoms with van der Waals surface area (Å²) >= 11 is 0. The Labute approximate surface area is 187 Å². The smallest absolute Gasteiger partial charge is 0.201 e. The lowest BCUT2D eigenvalue weighted by Gasteiger charge is -2.22. The first kappa shape index (κ1) is 19.0. The van der Waals surface area contributed by atoms with Gasteiger partial charge in [0.25, 0.3) is 0 Å². The van der Waals surface area contributed by atoms with E-state index in [1.54, 1.807) is 0 Å². The topological polar surface area (TPSA) is 29.5 Å². The summed E-state index contributed by atoms with van der Waals surface area (Å²) in [6, 6.07) is 34.0. The number of hydrogen-bond donors (Lipinski definition) is 0. The zero-order chi connectivity index (χ0) is 21.5. The van der Waals surface area contributed by atoms with Gasteiger partial charge in [-0.2, -0.15) is 0 Å². The Morgan fingerprint density at radius 2 is 1.31 bits per heavy atom. The average molecular weight is 435 g/mol. The molecule has 5 aromatic carbocycles. The van der Waals surface area contributed by atoms with Crippen molar-refractivity contribution in [3.63, 3.8) is 0 Å². The Hall–Kier alpha value is -3.68. The minimum absolute atomic E-state index is 0.0656. The van der Waals surface area contributed by atoms with Crippen molar-refractivity contribution < 1.29 is 8.39 Å². The van der Waals surface area contributed by atoms with Gasteiger partial charge in [-0.25, -0.2) is 0 Å². The summed E-state index contributed by atoms with van der Waals surface area (Å²) in [5.41, 5.74) is 4.23. The van der Waals surface area contributed by atoms with Gasteiger partial charge < -0.3 is 13.3 Å². The molecule has 0 amide bonds. The van der Waals surface area contributed by atoms with Gasteiger partial charge >= 0.3 is 0 Å². The van der Waals surface area contributed by atoms with E-state index in [0.717, 1.165) is 28.5 Å². The highest BCUT2D eigenvalue weighted by Gasteiger charge is 2.13. The van der Waals surface area contributed by atoms with Crippen LogP contribution < -0.4 is 4.90 Å². The largest absolute Gasteiger partial charge is 0.421 e. The average Bonchev–Trinajstić information content (AvgIpc) is 3.04. The molecule has 0 spiro atoms. The van der Waals surface area contributed by atoms with Crippen molar-refractivity contribution in [1.82, 2.24) is 0 Å². The molecule has 4 heteroatoms. The van der Waals surface area contributed by atoms with Gasteiger partial charge in [-0.15, -0.1) is 0 Å². The van der Waals surface area contributed by atoms with E-state index in [0.29, 0.717) is 0 Å². The van der Waals surface area contributed by atoms with Crippen LogP contribution in [0.25, 0.3) is 43.5 Å². The predicted octanol–water partition coefficient (Wildman–Crippen LogP) is 8.28. The Kier molecular flexibility index (Phi) is 4.63. The molecule has 0 fully saturated rings. The van der Waals surface area contributed by atoms with E-state index in [9.17, 15) is 0 Å². The van der Waals surface area contributed by atoms with Gasteiger partial charge in [0, 0.05) is 35.4 Å². The Morgan fingerprint density at radius 3 is 2.16 bits per heavy atom. The van der Waals surface area contributed by atoms with Gasteiger partial charge in [0.05, 0.1) is 0 Å². The van der Waals surface area contributed by atoms with E-state index in [1.165, 1.54) is 32.8 Å². The number of rotatable bonds is 3. The second kappa shape index (κ2) is 7.78. The maximum absolute atomic E-state index is 6.08. The number of hydrogen-bond acceptors (Lipinski definition) is 3. The number of anilines is 1. The van der Waals surface area contributed by atoms with Crippen LogP contribution in [-0.4, -0.2) is 7.05 Å². The van der Waals surface area contributed by atoms with Crippen molar-refractivity contribution in [1.29, 1.82) is 0 Å². The Morgan fingerprint density at radius 1 is 0.625 bits per heavy atom. The molecule has 0 aliphatic carbocycles. The standard InChI is InChI=1S/C28H22NO2P/c1-29(18-19-8-3-2-4-9-19)24-13-7-12-23-22(24)15-17-26-28(23)27-21-11-6-5-10-20(21)14-16-25(27)30-32-31-26/h2-17,32H,18H2,1H3. The molecule has 6 rings (SSSR count). The number of benzene rings is 5. The molecular weight excluding hydrogens is 413 g/mol. The molecule has 1 aromatic heterocycles. The molecule has 0 radical (unpaired) electrons. The molecule has 156 valence electrons. The lowest BCUT2D eigenvalue weighted by Crippen LogP contribution is -2.16. The summed E-state index contributed by atoms with van der Waals surface area (Å²) in [7, 11) is 2.08. The van der Waals surface area contributed by atoms with Crippen molar-refractivity contribution in [3.05, 3.63) is 103 Å². The van der Waals surface area contributed by atoms with Crippen molar-refractivity contribution >= 4 is 57.8 Å². The van der Waals surface area contributed by atoms with Crippen molar-refractivity contribution in [2.45, 2.75) is 6.54 Å². The second-order valence-electron chi connectivity index (χ2n) is 8.10. The van der Waals surface area contributed by atoms with E-state index in [-0.39, 0.29) is 8.67 Å². The minimum Gasteiger partial charge on any atom is -0.421 e. The van der Waals surface area contributed by atoms with Crippen molar-refractivity contribution in [2.24, 2.45) is 0 Å². The summed E-state index contributed by atoms with van der Waals surface area (Å²) in [6.07, 6.45) is 0. The third kappa shape index (κ3) is 3.14. The molecular formula is C28H22NO2P. The normalized spacial score (nSPS) is 11.7. The van der Waals surface area contributed by atoms with Crippen LogP contribution in [0.3, 0.4) is 0 Å². The van der Waals surface area contributed by atoms with Crippen LogP contribution in [-0.2, 0) is 6.54 Å². The third-order valence-electron chi connectivity index (χ3n) is 6.12. The summed E-state index contributed by atoms with van der Waals surface area (Å²) in [5, 5.41) is 6.97. The van der Waals surface area contributed by atoms with Crippen LogP contribution in [0.2, 0.25) is 0 Å². The van der Waals surface area contributed by atoms with E-state index >= 15 is 0 Å². The summed E-state index contributed by atoms with van der Waals surface area (Å²) in [6.45, 7) is 0.845. The maximum Gasteiger partial charge on any atom is 0.201 e. The van der Waals surface area contributed by atoms with E-state index in [4.69, 9.17) is 8.39 Å². The summed E-state index contributed by atoms with van der Waals surface area (Å²) in [5.74, 6) is 0. The van der Waals surface area contributed by atoms with Crippen LogP contribution in [0.4, 0.5) is 5.69 Å². The molecule has 0 aliphatic rings. The lowest BCUT2D eigenvalue weighted by molar-refractivity contribution is 0.663. The predicted molar refractivity (Wildman–Crippen MR) is 137 cm³/mol. The Bertz CT molecular complexity index is 1620. The summed E-state index contributed by atoms with van der Waals surface area (Å²) in [4.78, 5) is 2.31. The highest BCUT2D eigenvalue weighted by Crippen LogP contribution is 2.39. The number of fused-ring (bicyclic) bond motifs is 7. The zero-order valence-corrected chi connectivity index (χ0v) is 18.7. The lowest BCUT2D eigenvalue weighted by atomic mass is 9.97. The van der Waals surface area contributed by atoms with E-state index in [1.807, 2.05) is 0 Å². The first-order chi connectivity index (χ1) is 15.8. The molecule has 6 aromatic rings. The van der Waals surface area contributed by atoms with Gasteiger partial charge in [0.15, 0.2) is 0 Å². The fourth-order valence-corrected chi connectivity index (χ4v) is 5.21. The van der Waals surface area contributed by atoms with Gasteiger partial charge in [-0.3, -0.25) is 0 Å². The Balaban J connectivity index is 1.68. The highest BCUT2D eigenvalue weighted by atomic mass is 31.1.